The molecule has 2 heterocycles. The fourth-order valence-corrected chi connectivity index (χ4v) is 3.77. The summed E-state index contributed by atoms with van der Waals surface area (Å²) in [4.78, 5) is 22.2. The van der Waals surface area contributed by atoms with Gasteiger partial charge < -0.3 is 20.3 Å². The molecule has 6 nitrogen and oxygen atoms in total. The van der Waals surface area contributed by atoms with E-state index in [1.807, 2.05) is 6.20 Å². The molecule has 0 radical (unpaired) electrons. The Bertz CT molecular complexity index is 536. The van der Waals surface area contributed by atoms with Gasteiger partial charge in [-0.05, 0) is 32.9 Å². The van der Waals surface area contributed by atoms with E-state index in [0.29, 0.717) is 12.5 Å². The van der Waals surface area contributed by atoms with Crippen LogP contribution in [-0.4, -0.2) is 51.6 Å². The molecule has 3 rings (SSSR count). The van der Waals surface area contributed by atoms with Crippen LogP contribution in [0, 0.1) is 0 Å². The maximum atomic E-state index is 12.1. The maximum Gasteiger partial charge on any atom is 0.223 e. The molecule has 2 aliphatic rings. The first-order valence-electron chi connectivity index (χ1n) is 8.75. The number of hydrogen-bond donors (Lipinski definition) is 3. The molecule has 1 aromatic heterocycles. The first-order valence-corrected chi connectivity index (χ1v) is 8.75. The number of rotatable bonds is 5. The predicted octanol–water partition coefficient (Wildman–Crippen LogP) is 1.53. The number of aromatic nitrogens is 2. The van der Waals surface area contributed by atoms with Gasteiger partial charge in [0.25, 0.3) is 0 Å². The van der Waals surface area contributed by atoms with E-state index in [2.05, 4.69) is 27.2 Å². The van der Waals surface area contributed by atoms with Crippen molar-refractivity contribution in [3.63, 3.8) is 0 Å². The van der Waals surface area contributed by atoms with Crippen LogP contribution in [0.25, 0.3) is 0 Å². The van der Waals surface area contributed by atoms with Crippen LogP contribution in [0.15, 0.2) is 6.20 Å². The first-order chi connectivity index (χ1) is 11.0. The highest BCUT2D eigenvalue weighted by Crippen LogP contribution is 2.30. The molecule has 3 N–H and O–H groups in total. The van der Waals surface area contributed by atoms with Crippen molar-refractivity contribution in [1.82, 2.24) is 20.2 Å². The predicted molar refractivity (Wildman–Crippen MR) is 87.9 cm³/mol. The van der Waals surface area contributed by atoms with Crippen LogP contribution in [-0.2, 0) is 11.3 Å². The van der Waals surface area contributed by atoms with Crippen molar-refractivity contribution in [3.05, 3.63) is 17.7 Å². The fraction of sp³-hybridized carbons (Fsp3) is 0.765. The van der Waals surface area contributed by atoms with Crippen molar-refractivity contribution in [2.24, 2.45) is 0 Å². The number of nitrogens with one attached hydrogen (secondary N) is 2. The molecule has 1 aliphatic heterocycles. The zero-order chi connectivity index (χ0) is 16.3. The number of aliphatic hydroxyl groups is 1. The van der Waals surface area contributed by atoms with Gasteiger partial charge >= 0.3 is 0 Å². The molecule has 1 saturated heterocycles. The van der Waals surface area contributed by atoms with E-state index in [0.717, 1.165) is 63.1 Å². The van der Waals surface area contributed by atoms with Gasteiger partial charge in [-0.1, -0.05) is 19.3 Å². The summed E-state index contributed by atoms with van der Waals surface area (Å²) >= 11 is 0. The zero-order valence-corrected chi connectivity index (χ0v) is 14.0. The normalized spacial score (nSPS) is 24.7. The van der Waals surface area contributed by atoms with E-state index < -0.39 is 5.60 Å². The van der Waals surface area contributed by atoms with Crippen LogP contribution in [0.3, 0.4) is 0 Å². The highest BCUT2D eigenvalue weighted by atomic mass is 16.3. The van der Waals surface area contributed by atoms with E-state index in [-0.39, 0.29) is 12.3 Å². The molecule has 0 bridgehead atoms. The van der Waals surface area contributed by atoms with E-state index in [1.165, 1.54) is 0 Å². The number of likely N-dealkylation sites (tertiary alicyclic amines) is 1. The lowest BCUT2D eigenvalue weighted by molar-refractivity contribution is -0.127. The van der Waals surface area contributed by atoms with Gasteiger partial charge in [0.2, 0.25) is 5.91 Å². The van der Waals surface area contributed by atoms with E-state index in [9.17, 15) is 9.90 Å². The topological polar surface area (TPSA) is 81.2 Å². The van der Waals surface area contributed by atoms with Crippen LogP contribution in [0.1, 0.15) is 62.4 Å². The molecular formula is C17H28N4O2. The molecule has 128 valence electrons. The lowest BCUT2D eigenvalue weighted by Crippen LogP contribution is -2.38. The Balaban J connectivity index is 1.46. The minimum atomic E-state index is -0.796. The summed E-state index contributed by atoms with van der Waals surface area (Å²) in [5.74, 6) is 1.41. The van der Waals surface area contributed by atoms with Crippen LogP contribution in [0.5, 0.6) is 0 Å². The van der Waals surface area contributed by atoms with Crippen LogP contribution < -0.4 is 5.32 Å². The van der Waals surface area contributed by atoms with Crippen LogP contribution in [0.4, 0.5) is 0 Å². The van der Waals surface area contributed by atoms with Gasteiger partial charge in [-0.3, -0.25) is 4.79 Å². The monoisotopic (exact) mass is 320 g/mol. The molecule has 0 aromatic carbocycles. The molecule has 23 heavy (non-hydrogen) atoms. The summed E-state index contributed by atoms with van der Waals surface area (Å²) in [6.07, 6.45) is 7.82. The number of H-pyrrole nitrogens is 1. The van der Waals surface area contributed by atoms with Gasteiger partial charge in [0, 0.05) is 12.5 Å². The largest absolute Gasteiger partial charge is 0.389 e. The number of nitrogens with zero attached hydrogens (tertiary/aromatic N) is 2. The fourth-order valence-electron chi connectivity index (χ4n) is 3.77. The minimum Gasteiger partial charge on any atom is -0.389 e. The second kappa shape index (κ2) is 7.01. The summed E-state index contributed by atoms with van der Waals surface area (Å²) in [7, 11) is 2.13. The minimum absolute atomic E-state index is 0.0776. The summed E-state index contributed by atoms with van der Waals surface area (Å²) in [5, 5.41) is 13.3. The average molecular weight is 320 g/mol. The molecule has 6 heteroatoms. The van der Waals surface area contributed by atoms with Crippen molar-refractivity contribution < 1.29 is 9.90 Å². The number of amides is 1. The number of carbonyl (C=O) groups is 1. The average Bonchev–Trinajstić information content (AvgIpc) is 3.14. The van der Waals surface area contributed by atoms with Gasteiger partial charge in [-0.2, -0.15) is 0 Å². The second-order valence-corrected chi connectivity index (χ2v) is 7.28. The third-order valence-electron chi connectivity index (χ3n) is 5.18. The van der Waals surface area contributed by atoms with Crippen LogP contribution >= 0.6 is 0 Å². The van der Waals surface area contributed by atoms with E-state index in [4.69, 9.17) is 0 Å². The van der Waals surface area contributed by atoms with Crippen molar-refractivity contribution in [2.75, 3.05) is 20.1 Å². The summed E-state index contributed by atoms with van der Waals surface area (Å²) in [6, 6.07) is 0. The maximum absolute atomic E-state index is 12.1. The van der Waals surface area contributed by atoms with E-state index >= 15 is 0 Å². The van der Waals surface area contributed by atoms with Gasteiger partial charge in [0.05, 0.1) is 30.5 Å². The molecule has 1 aromatic rings. The Morgan fingerprint density at radius 1 is 1.48 bits per heavy atom. The van der Waals surface area contributed by atoms with Crippen LogP contribution in [0.2, 0.25) is 0 Å². The summed E-state index contributed by atoms with van der Waals surface area (Å²) < 4.78 is 0. The lowest BCUT2D eigenvalue weighted by Gasteiger charge is -2.31. The first kappa shape index (κ1) is 16.5. The third-order valence-corrected chi connectivity index (χ3v) is 5.18. The highest BCUT2D eigenvalue weighted by Gasteiger charge is 2.31. The standard InChI is InChI=1S/C17H28N4O2/c1-21-8-5-13(12-21)16-19-11-14(20-16)10-18-15(22)9-17(23)6-3-2-4-7-17/h11,13,23H,2-10,12H2,1H3,(H,18,22)(H,19,20)/t13-/m0/s1. The Kier molecular flexibility index (Phi) is 5.02. The van der Waals surface area contributed by atoms with Gasteiger partial charge in [-0.15, -0.1) is 0 Å². The molecular weight excluding hydrogens is 292 g/mol. The molecule has 1 saturated carbocycles. The Morgan fingerprint density at radius 3 is 2.96 bits per heavy atom. The molecule has 0 unspecified atom stereocenters. The van der Waals surface area contributed by atoms with Crippen molar-refractivity contribution in [1.29, 1.82) is 0 Å². The molecule has 0 spiro atoms. The smallest absolute Gasteiger partial charge is 0.223 e. The number of aromatic amines is 1. The van der Waals surface area contributed by atoms with Gasteiger partial charge in [0.15, 0.2) is 0 Å². The van der Waals surface area contributed by atoms with E-state index in [1.54, 1.807) is 0 Å². The molecule has 2 fully saturated rings. The molecule has 1 atom stereocenters. The molecule has 1 amide bonds. The van der Waals surface area contributed by atoms with Crippen molar-refractivity contribution in [3.8, 4) is 0 Å². The van der Waals surface area contributed by atoms with Gasteiger partial charge in [0.1, 0.15) is 5.82 Å². The summed E-state index contributed by atoms with van der Waals surface area (Å²) in [6.45, 7) is 2.59. The lowest BCUT2D eigenvalue weighted by atomic mass is 9.82. The Morgan fingerprint density at radius 2 is 2.26 bits per heavy atom. The zero-order valence-electron chi connectivity index (χ0n) is 14.0. The Hall–Kier alpha value is -1.40. The number of hydrogen-bond acceptors (Lipinski definition) is 4. The van der Waals surface area contributed by atoms with Crippen molar-refractivity contribution >= 4 is 5.91 Å². The second-order valence-electron chi connectivity index (χ2n) is 7.28. The molecule has 1 aliphatic carbocycles. The Labute approximate surface area is 137 Å². The number of carbonyl (C=O) groups excluding carboxylic acids is 1. The van der Waals surface area contributed by atoms with Crippen molar-refractivity contribution in [2.45, 2.75) is 63.0 Å². The summed E-state index contributed by atoms with van der Waals surface area (Å²) in [5.41, 5.74) is 0.133. The quantitative estimate of drug-likeness (QED) is 0.768. The third kappa shape index (κ3) is 4.32. The number of imidazole rings is 1. The number of likely N-dealkylation sites (N-methyl/N-ethyl adjacent to an activating group) is 1. The van der Waals surface area contributed by atoms with Gasteiger partial charge in [-0.25, -0.2) is 4.98 Å². The SMILES string of the molecule is CN1CC[C@H](c2ncc(CNC(=O)CC3(O)CCCCC3)[nH]2)C1. The highest BCUT2D eigenvalue weighted by molar-refractivity contribution is 5.76.